The molecule has 1 fully saturated rings. The molecule has 5 heteroatoms. The highest BCUT2D eigenvalue weighted by Crippen LogP contribution is 2.32. The molecule has 4 nitrogen and oxygen atoms in total. The molecule has 0 amide bonds. The van der Waals surface area contributed by atoms with Crippen LogP contribution in [0.25, 0.3) is 0 Å². The molecule has 2 aromatic rings. The number of halogens is 1. The second-order valence-electron chi connectivity index (χ2n) is 6.13. The SMILES string of the molecule is COc1cccc(CNC[C@@H]2CCCO2)c1OCc1ccc(Cl)cc1. The largest absolute Gasteiger partial charge is 0.493 e. The van der Waals surface area contributed by atoms with Crippen molar-refractivity contribution in [2.75, 3.05) is 20.3 Å². The van der Waals surface area contributed by atoms with Crippen LogP contribution in [0.15, 0.2) is 42.5 Å². The highest BCUT2D eigenvalue weighted by atomic mass is 35.5. The van der Waals surface area contributed by atoms with Crippen LogP contribution in [-0.4, -0.2) is 26.4 Å². The summed E-state index contributed by atoms with van der Waals surface area (Å²) in [7, 11) is 1.66. The molecule has 134 valence electrons. The maximum Gasteiger partial charge on any atom is 0.166 e. The third-order valence-corrected chi connectivity index (χ3v) is 4.54. The molecule has 0 unspecified atom stereocenters. The fourth-order valence-corrected chi connectivity index (χ4v) is 3.06. The molecular formula is C20H24ClNO3. The van der Waals surface area contributed by atoms with Gasteiger partial charge in [-0.25, -0.2) is 0 Å². The topological polar surface area (TPSA) is 39.7 Å². The summed E-state index contributed by atoms with van der Waals surface area (Å²) in [6.45, 7) is 2.91. The highest BCUT2D eigenvalue weighted by Gasteiger charge is 2.16. The van der Waals surface area contributed by atoms with Gasteiger partial charge in [0.15, 0.2) is 11.5 Å². The number of rotatable bonds is 8. The van der Waals surface area contributed by atoms with Gasteiger partial charge in [-0.15, -0.1) is 0 Å². The van der Waals surface area contributed by atoms with Crippen LogP contribution in [-0.2, 0) is 17.9 Å². The molecule has 1 aliphatic heterocycles. The summed E-state index contributed by atoms with van der Waals surface area (Å²) in [6, 6.07) is 13.6. The lowest BCUT2D eigenvalue weighted by molar-refractivity contribution is 0.110. The Morgan fingerprint density at radius 1 is 1.20 bits per heavy atom. The van der Waals surface area contributed by atoms with Gasteiger partial charge in [-0.05, 0) is 36.6 Å². The van der Waals surface area contributed by atoms with Crippen LogP contribution in [0, 0.1) is 0 Å². The van der Waals surface area contributed by atoms with Gasteiger partial charge in [-0.1, -0.05) is 35.9 Å². The van der Waals surface area contributed by atoms with E-state index in [4.69, 9.17) is 25.8 Å². The molecule has 1 saturated heterocycles. The summed E-state index contributed by atoms with van der Waals surface area (Å²) in [6.07, 6.45) is 2.61. The van der Waals surface area contributed by atoms with Crippen LogP contribution in [0.2, 0.25) is 5.02 Å². The number of hydrogen-bond donors (Lipinski definition) is 1. The van der Waals surface area contributed by atoms with Crippen LogP contribution in [0.5, 0.6) is 11.5 Å². The standard InChI is InChI=1S/C20H24ClNO3/c1-23-19-6-2-4-16(12-22-13-18-5-3-11-24-18)20(19)25-14-15-7-9-17(21)10-8-15/h2,4,6-10,18,22H,3,5,11-14H2,1H3/t18-/m0/s1. The normalized spacial score (nSPS) is 16.8. The van der Waals surface area contributed by atoms with E-state index in [0.717, 1.165) is 53.6 Å². The van der Waals surface area contributed by atoms with Gasteiger partial charge in [0, 0.05) is 30.3 Å². The van der Waals surface area contributed by atoms with E-state index >= 15 is 0 Å². The quantitative estimate of drug-likeness (QED) is 0.765. The molecule has 1 atom stereocenters. The molecule has 0 aliphatic carbocycles. The lowest BCUT2D eigenvalue weighted by atomic mass is 10.1. The van der Waals surface area contributed by atoms with Crippen molar-refractivity contribution in [2.45, 2.75) is 32.1 Å². The third kappa shape index (κ3) is 5.11. The van der Waals surface area contributed by atoms with Gasteiger partial charge >= 0.3 is 0 Å². The first kappa shape index (κ1) is 18.1. The maximum absolute atomic E-state index is 6.07. The number of hydrogen-bond acceptors (Lipinski definition) is 4. The van der Waals surface area contributed by atoms with Crippen molar-refractivity contribution in [1.82, 2.24) is 5.32 Å². The van der Waals surface area contributed by atoms with E-state index in [1.54, 1.807) is 7.11 Å². The molecule has 1 heterocycles. The first-order chi connectivity index (χ1) is 12.3. The fourth-order valence-electron chi connectivity index (χ4n) is 2.93. The Morgan fingerprint density at radius 3 is 2.76 bits per heavy atom. The van der Waals surface area contributed by atoms with E-state index in [2.05, 4.69) is 11.4 Å². The van der Waals surface area contributed by atoms with Gasteiger partial charge in [0.05, 0.1) is 13.2 Å². The summed E-state index contributed by atoms with van der Waals surface area (Å²) in [5.41, 5.74) is 2.14. The lowest BCUT2D eigenvalue weighted by Gasteiger charge is -2.17. The Balaban J connectivity index is 1.64. The van der Waals surface area contributed by atoms with Gasteiger partial charge < -0.3 is 19.5 Å². The van der Waals surface area contributed by atoms with Crippen LogP contribution < -0.4 is 14.8 Å². The predicted octanol–water partition coefficient (Wildman–Crippen LogP) is 4.20. The average molecular weight is 362 g/mol. The lowest BCUT2D eigenvalue weighted by Crippen LogP contribution is -2.26. The summed E-state index contributed by atoms with van der Waals surface area (Å²) in [4.78, 5) is 0. The van der Waals surface area contributed by atoms with Crippen molar-refractivity contribution in [2.24, 2.45) is 0 Å². The minimum atomic E-state index is 0.323. The van der Waals surface area contributed by atoms with Crippen LogP contribution >= 0.6 is 11.6 Å². The monoisotopic (exact) mass is 361 g/mol. The predicted molar refractivity (Wildman–Crippen MR) is 99.5 cm³/mol. The van der Waals surface area contributed by atoms with Crippen molar-refractivity contribution < 1.29 is 14.2 Å². The van der Waals surface area contributed by atoms with E-state index in [1.807, 2.05) is 36.4 Å². The Labute approximate surface area is 154 Å². The zero-order valence-corrected chi connectivity index (χ0v) is 15.2. The average Bonchev–Trinajstić information content (AvgIpc) is 3.15. The van der Waals surface area contributed by atoms with E-state index in [9.17, 15) is 0 Å². The molecule has 1 aliphatic rings. The van der Waals surface area contributed by atoms with Crippen molar-refractivity contribution in [1.29, 1.82) is 0 Å². The molecule has 0 saturated carbocycles. The van der Waals surface area contributed by atoms with Crippen molar-refractivity contribution in [3.05, 3.63) is 58.6 Å². The van der Waals surface area contributed by atoms with E-state index < -0.39 is 0 Å². The molecule has 0 aromatic heterocycles. The first-order valence-electron chi connectivity index (χ1n) is 8.61. The second-order valence-corrected chi connectivity index (χ2v) is 6.57. The summed E-state index contributed by atoms with van der Waals surface area (Å²) >= 11 is 5.93. The number of methoxy groups -OCH3 is 1. The Kier molecular flexibility index (Phi) is 6.56. The van der Waals surface area contributed by atoms with E-state index in [1.165, 1.54) is 0 Å². The second kappa shape index (κ2) is 9.09. The third-order valence-electron chi connectivity index (χ3n) is 4.29. The number of benzene rings is 2. The van der Waals surface area contributed by atoms with Gasteiger partial charge in [0.2, 0.25) is 0 Å². The molecular weight excluding hydrogens is 338 g/mol. The number of nitrogens with one attached hydrogen (secondary N) is 1. The highest BCUT2D eigenvalue weighted by molar-refractivity contribution is 6.30. The van der Waals surface area contributed by atoms with Crippen LogP contribution in [0.1, 0.15) is 24.0 Å². The van der Waals surface area contributed by atoms with E-state index in [-0.39, 0.29) is 0 Å². The van der Waals surface area contributed by atoms with Gasteiger partial charge in [0.1, 0.15) is 6.61 Å². The smallest absolute Gasteiger partial charge is 0.166 e. The molecule has 0 spiro atoms. The molecule has 3 rings (SSSR count). The minimum absolute atomic E-state index is 0.323. The Bertz CT molecular complexity index is 669. The van der Waals surface area contributed by atoms with E-state index in [0.29, 0.717) is 19.3 Å². The fraction of sp³-hybridized carbons (Fsp3) is 0.400. The van der Waals surface area contributed by atoms with Gasteiger partial charge in [0.25, 0.3) is 0 Å². The number of ether oxygens (including phenoxy) is 3. The maximum atomic E-state index is 6.07. The van der Waals surface area contributed by atoms with Gasteiger partial charge in [-0.2, -0.15) is 0 Å². The summed E-state index contributed by atoms with van der Waals surface area (Å²) in [5.74, 6) is 1.52. The van der Waals surface area contributed by atoms with Crippen LogP contribution in [0.4, 0.5) is 0 Å². The van der Waals surface area contributed by atoms with Crippen LogP contribution in [0.3, 0.4) is 0 Å². The van der Waals surface area contributed by atoms with Gasteiger partial charge in [-0.3, -0.25) is 0 Å². The molecule has 25 heavy (non-hydrogen) atoms. The number of para-hydroxylation sites is 1. The molecule has 1 N–H and O–H groups in total. The summed E-state index contributed by atoms with van der Waals surface area (Å²) in [5, 5.41) is 4.19. The van der Waals surface area contributed by atoms with Crippen molar-refractivity contribution in [3.8, 4) is 11.5 Å². The Hall–Kier alpha value is -1.75. The van der Waals surface area contributed by atoms with Crippen molar-refractivity contribution >= 4 is 11.6 Å². The molecule has 0 bridgehead atoms. The molecule has 0 radical (unpaired) electrons. The zero-order valence-electron chi connectivity index (χ0n) is 14.5. The van der Waals surface area contributed by atoms with Crippen molar-refractivity contribution in [3.63, 3.8) is 0 Å². The minimum Gasteiger partial charge on any atom is -0.493 e. The zero-order chi connectivity index (χ0) is 17.5. The summed E-state index contributed by atoms with van der Waals surface area (Å²) < 4.78 is 17.2. The Morgan fingerprint density at radius 2 is 2.04 bits per heavy atom. The first-order valence-corrected chi connectivity index (χ1v) is 8.99. The molecule has 2 aromatic carbocycles.